The van der Waals surface area contributed by atoms with Crippen molar-refractivity contribution < 1.29 is 14.4 Å². The van der Waals surface area contributed by atoms with E-state index in [2.05, 4.69) is 9.48 Å². The number of methoxy groups -OCH3 is 1. The van der Waals surface area contributed by atoms with Crippen molar-refractivity contribution in [1.29, 1.82) is 0 Å². The van der Waals surface area contributed by atoms with Crippen molar-refractivity contribution in [1.82, 2.24) is 0 Å². The second kappa shape index (κ2) is 6.36. The van der Waals surface area contributed by atoms with Crippen LogP contribution in [0.5, 0.6) is 5.75 Å². The number of halogens is 1. The lowest BCUT2D eigenvalue weighted by atomic mass is 10.0. The van der Waals surface area contributed by atoms with Gasteiger partial charge in [-0.25, -0.2) is 9.48 Å². The molecule has 0 bridgehead atoms. The van der Waals surface area contributed by atoms with Crippen molar-refractivity contribution in [2.75, 3.05) is 25.1 Å². The summed E-state index contributed by atoms with van der Waals surface area (Å²) in [6.45, 7) is 1.37. The Morgan fingerprint density at radius 1 is 1.08 bits per heavy atom. The first-order valence-electron chi connectivity index (χ1n) is 8.65. The number of rotatable bonds is 3. The van der Waals surface area contributed by atoms with E-state index >= 15 is 0 Å². The zero-order chi connectivity index (χ0) is 17.4. The Balaban J connectivity index is 1.76. The number of hydrogen-bond acceptors (Lipinski definition) is 3. The average molecular weight is 358 g/mol. The predicted molar refractivity (Wildman–Crippen MR) is 99.7 cm³/mol. The van der Waals surface area contributed by atoms with Gasteiger partial charge >= 0.3 is 0 Å². The molecule has 0 spiro atoms. The molecular weight excluding hydrogens is 336 g/mol. The largest absolute Gasteiger partial charge is 0.497 e. The monoisotopic (exact) mass is 357 g/mol. The van der Waals surface area contributed by atoms with Gasteiger partial charge in [-0.3, -0.25) is 0 Å². The Kier molecular flexibility index (Phi) is 4.18. The molecule has 25 heavy (non-hydrogen) atoms. The maximum Gasteiger partial charge on any atom is 0.271 e. The molecule has 2 aromatic rings. The molecule has 2 heterocycles. The first kappa shape index (κ1) is 16.4. The second-order valence-electron chi connectivity index (χ2n) is 6.63. The number of β-amino-alcohol motifs (C(OH)–C–C–N with tert-alkyl or cyclic N) is 1. The first-order chi connectivity index (χ1) is 12.1. The summed E-state index contributed by atoms with van der Waals surface area (Å²) in [7, 11) is 1.65. The van der Waals surface area contributed by atoms with Crippen LogP contribution in [-0.4, -0.2) is 35.7 Å². The number of anilines is 1. The van der Waals surface area contributed by atoms with Gasteiger partial charge in [0.15, 0.2) is 6.54 Å². The number of benzene rings is 2. The highest BCUT2D eigenvalue weighted by Gasteiger charge is 2.52. The Morgan fingerprint density at radius 3 is 2.48 bits per heavy atom. The molecule has 0 saturated heterocycles. The first-order valence-corrected chi connectivity index (χ1v) is 9.03. The summed E-state index contributed by atoms with van der Waals surface area (Å²) in [4.78, 5) is 2.22. The Hall–Kier alpha value is -2.04. The molecule has 1 atom stereocenters. The van der Waals surface area contributed by atoms with Crippen LogP contribution < -0.4 is 9.64 Å². The third-order valence-corrected chi connectivity index (χ3v) is 5.42. The lowest BCUT2D eigenvalue weighted by Crippen LogP contribution is -2.41. The highest BCUT2D eigenvalue weighted by molar-refractivity contribution is 6.30. The fourth-order valence-electron chi connectivity index (χ4n) is 3.86. The molecule has 0 radical (unpaired) electrons. The van der Waals surface area contributed by atoms with Crippen LogP contribution >= 0.6 is 11.6 Å². The van der Waals surface area contributed by atoms with E-state index in [4.69, 9.17) is 16.3 Å². The number of hydrogen-bond donors (Lipinski definition) is 1. The topological polar surface area (TPSA) is 35.7 Å². The van der Waals surface area contributed by atoms with Gasteiger partial charge in [0, 0.05) is 17.0 Å². The zero-order valence-electron chi connectivity index (χ0n) is 14.3. The van der Waals surface area contributed by atoms with Gasteiger partial charge in [0.25, 0.3) is 11.6 Å². The van der Waals surface area contributed by atoms with E-state index in [9.17, 15) is 5.11 Å². The van der Waals surface area contributed by atoms with Crippen molar-refractivity contribution in [3.8, 4) is 5.75 Å². The summed E-state index contributed by atoms with van der Waals surface area (Å²) in [5.74, 6) is 1.98. The van der Waals surface area contributed by atoms with Crippen LogP contribution in [0.15, 0.2) is 48.5 Å². The van der Waals surface area contributed by atoms with Crippen molar-refractivity contribution in [2.45, 2.75) is 25.0 Å². The summed E-state index contributed by atoms with van der Waals surface area (Å²) in [5, 5.41) is 12.3. The molecule has 1 N–H and O–H groups in total. The van der Waals surface area contributed by atoms with Crippen molar-refractivity contribution >= 4 is 23.1 Å². The van der Waals surface area contributed by atoms with Crippen LogP contribution in [0, 0.1) is 0 Å². The fourth-order valence-corrected chi connectivity index (χ4v) is 3.99. The summed E-state index contributed by atoms with van der Waals surface area (Å²) in [6, 6.07) is 15.5. The normalized spacial score (nSPS) is 22.9. The van der Waals surface area contributed by atoms with Gasteiger partial charge in [-0.1, -0.05) is 11.6 Å². The standard InChI is InChI=1S/C20H22ClN2O2/c1-25-18-11-5-15(6-12-18)20(24)14-22(17-9-7-16(21)8-10-17)19-4-2-3-13-23(19)20/h5-12,24H,2-4,13-14H2,1H3/q+1/t20-/m0/s1. The molecule has 0 aliphatic carbocycles. The Bertz CT molecular complexity index is 801. The molecule has 5 heteroatoms. The highest BCUT2D eigenvalue weighted by atomic mass is 35.5. The highest BCUT2D eigenvalue weighted by Crippen LogP contribution is 2.36. The molecule has 2 aliphatic rings. The van der Waals surface area contributed by atoms with E-state index in [0.717, 1.165) is 47.8 Å². The second-order valence-corrected chi connectivity index (χ2v) is 7.07. The van der Waals surface area contributed by atoms with E-state index in [-0.39, 0.29) is 0 Å². The molecule has 2 aliphatic heterocycles. The van der Waals surface area contributed by atoms with E-state index in [1.807, 2.05) is 48.5 Å². The molecule has 0 aromatic heterocycles. The van der Waals surface area contributed by atoms with Crippen LogP contribution in [0.25, 0.3) is 0 Å². The van der Waals surface area contributed by atoms with Crippen LogP contribution in [0.4, 0.5) is 5.69 Å². The van der Waals surface area contributed by atoms with E-state index in [1.165, 1.54) is 5.84 Å². The molecule has 4 nitrogen and oxygen atoms in total. The molecule has 0 fully saturated rings. The van der Waals surface area contributed by atoms with Crippen LogP contribution in [0.1, 0.15) is 24.8 Å². The minimum atomic E-state index is -1.03. The molecule has 130 valence electrons. The smallest absolute Gasteiger partial charge is 0.271 e. The minimum absolute atomic E-state index is 0.510. The lowest BCUT2D eigenvalue weighted by molar-refractivity contribution is -0.661. The molecule has 2 aromatic carbocycles. The van der Waals surface area contributed by atoms with Gasteiger partial charge in [0.2, 0.25) is 0 Å². The minimum Gasteiger partial charge on any atom is -0.497 e. The van der Waals surface area contributed by atoms with Gasteiger partial charge in [0.1, 0.15) is 11.4 Å². The third-order valence-electron chi connectivity index (χ3n) is 5.17. The number of ether oxygens (including phenoxy) is 1. The third kappa shape index (κ3) is 2.79. The van der Waals surface area contributed by atoms with Gasteiger partial charge in [-0.15, -0.1) is 0 Å². The maximum atomic E-state index is 11.6. The van der Waals surface area contributed by atoms with Gasteiger partial charge in [0.05, 0.1) is 13.7 Å². The van der Waals surface area contributed by atoms with Crippen molar-refractivity contribution in [3.63, 3.8) is 0 Å². The predicted octanol–water partition coefficient (Wildman–Crippen LogP) is 3.61. The molecule has 0 amide bonds. The van der Waals surface area contributed by atoms with E-state index < -0.39 is 5.72 Å². The van der Waals surface area contributed by atoms with Crippen LogP contribution in [0.3, 0.4) is 0 Å². The quantitative estimate of drug-likeness (QED) is 0.852. The molecular formula is C20H22ClN2O2+. The summed E-state index contributed by atoms with van der Waals surface area (Å²) in [5.41, 5.74) is 0.932. The molecule has 0 unspecified atom stereocenters. The Morgan fingerprint density at radius 2 is 1.80 bits per heavy atom. The lowest BCUT2D eigenvalue weighted by Gasteiger charge is -2.24. The number of nitrogens with zero attached hydrogens (tertiary/aromatic N) is 2. The van der Waals surface area contributed by atoms with Crippen LogP contribution in [0.2, 0.25) is 5.02 Å². The van der Waals surface area contributed by atoms with Gasteiger partial charge in [-0.2, -0.15) is 0 Å². The zero-order valence-corrected chi connectivity index (χ0v) is 15.0. The summed E-state index contributed by atoms with van der Waals surface area (Å²) < 4.78 is 7.41. The van der Waals surface area contributed by atoms with Gasteiger partial charge < -0.3 is 9.84 Å². The fraction of sp³-hybridized carbons (Fsp3) is 0.350. The van der Waals surface area contributed by atoms with E-state index in [0.29, 0.717) is 6.54 Å². The summed E-state index contributed by atoms with van der Waals surface area (Å²) >= 11 is 6.04. The van der Waals surface area contributed by atoms with Gasteiger partial charge in [-0.05, 0) is 61.4 Å². The molecule has 4 rings (SSSR count). The molecule has 0 saturated carbocycles. The number of amidine groups is 1. The Labute approximate surface area is 152 Å². The SMILES string of the molecule is COc1ccc([C@@]2(O)CN(c3ccc(Cl)cc3)C3=[N+]2CCCC3)cc1. The summed E-state index contributed by atoms with van der Waals surface area (Å²) in [6.07, 6.45) is 3.21. The van der Waals surface area contributed by atoms with Crippen molar-refractivity contribution in [2.24, 2.45) is 0 Å². The average Bonchev–Trinajstić information content (AvgIpc) is 2.97. The van der Waals surface area contributed by atoms with Crippen molar-refractivity contribution in [3.05, 3.63) is 59.1 Å². The van der Waals surface area contributed by atoms with Crippen LogP contribution in [-0.2, 0) is 5.72 Å². The number of aliphatic hydroxyl groups is 1. The van der Waals surface area contributed by atoms with E-state index in [1.54, 1.807) is 7.11 Å². The maximum absolute atomic E-state index is 11.6.